The van der Waals surface area contributed by atoms with Crippen molar-refractivity contribution in [1.82, 2.24) is 9.97 Å². The molecule has 0 atom stereocenters. The van der Waals surface area contributed by atoms with Gasteiger partial charge in [-0.2, -0.15) is 10.2 Å². The minimum atomic E-state index is 0.185. The summed E-state index contributed by atoms with van der Waals surface area (Å²) in [6.07, 6.45) is 1.89. The molecule has 0 saturated carbocycles. The van der Waals surface area contributed by atoms with E-state index in [1.165, 1.54) is 6.20 Å². The van der Waals surface area contributed by atoms with Crippen LogP contribution in [0.5, 0.6) is 0 Å². The Morgan fingerprint density at radius 3 is 3.00 bits per heavy atom. The first kappa shape index (κ1) is 11.5. The van der Waals surface area contributed by atoms with Gasteiger partial charge in [0.2, 0.25) is 5.95 Å². The number of halogens is 1. The Bertz CT molecular complexity index is 373. The van der Waals surface area contributed by atoms with E-state index in [9.17, 15) is 0 Å². The number of hydrogen-bond acceptors (Lipinski definition) is 5. The number of rotatable bonds is 4. The number of nitriles is 1. The van der Waals surface area contributed by atoms with Crippen LogP contribution in [0.15, 0.2) is 6.20 Å². The number of anilines is 2. The molecule has 0 saturated heterocycles. The number of aromatic nitrogens is 2. The van der Waals surface area contributed by atoms with Gasteiger partial charge in [-0.05, 0) is 6.92 Å². The van der Waals surface area contributed by atoms with Gasteiger partial charge in [-0.25, -0.2) is 4.98 Å². The number of nitrogen functional groups attached to an aromatic ring is 1. The standard InChI is InChI=1S/C9H12ClN5/c1-2-15(5-3-4-11)8-7(10)6-13-9(12)14-8/h6H,2-3,5H2,1H3,(H2,12,13,14). The molecule has 1 aromatic heterocycles. The topological polar surface area (TPSA) is 78.8 Å². The molecule has 0 fully saturated rings. The molecule has 1 heterocycles. The highest BCUT2D eigenvalue weighted by Gasteiger charge is 2.10. The molecule has 15 heavy (non-hydrogen) atoms. The zero-order valence-electron chi connectivity index (χ0n) is 8.44. The summed E-state index contributed by atoms with van der Waals surface area (Å²) in [5.41, 5.74) is 5.48. The van der Waals surface area contributed by atoms with Crippen LogP contribution in [0.4, 0.5) is 11.8 Å². The quantitative estimate of drug-likeness (QED) is 0.839. The molecule has 2 N–H and O–H groups in total. The van der Waals surface area contributed by atoms with Crippen molar-refractivity contribution in [2.24, 2.45) is 0 Å². The molecule has 5 nitrogen and oxygen atoms in total. The maximum atomic E-state index is 8.51. The molecule has 0 bridgehead atoms. The first-order valence-electron chi connectivity index (χ1n) is 4.59. The Balaban J connectivity index is 2.91. The van der Waals surface area contributed by atoms with Gasteiger partial charge >= 0.3 is 0 Å². The van der Waals surface area contributed by atoms with Crippen molar-refractivity contribution < 1.29 is 0 Å². The van der Waals surface area contributed by atoms with Crippen molar-refractivity contribution in [2.75, 3.05) is 23.7 Å². The second-order valence-electron chi connectivity index (χ2n) is 2.89. The molecular formula is C9H12ClN5. The van der Waals surface area contributed by atoms with Crippen molar-refractivity contribution in [3.8, 4) is 6.07 Å². The van der Waals surface area contributed by atoms with Gasteiger partial charge in [-0.1, -0.05) is 11.6 Å². The molecule has 6 heteroatoms. The Hall–Kier alpha value is -1.54. The fraction of sp³-hybridized carbons (Fsp3) is 0.444. The minimum Gasteiger partial charge on any atom is -0.368 e. The fourth-order valence-electron chi connectivity index (χ4n) is 1.19. The Kier molecular flexibility index (Phi) is 4.13. The monoisotopic (exact) mass is 225 g/mol. The van der Waals surface area contributed by atoms with E-state index in [4.69, 9.17) is 22.6 Å². The molecule has 0 aliphatic rings. The third-order valence-electron chi connectivity index (χ3n) is 1.92. The highest BCUT2D eigenvalue weighted by Crippen LogP contribution is 2.22. The van der Waals surface area contributed by atoms with E-state index in [1.807, 2.05) is 11.8 Å². The van der Waals surface area contributed by atoms with Gasteiger partial charge < -0.3 is 10.6 Å². The van der Waals surface area contributed by atoms with E-state index < -0.39 is 0 Å². The summed E-state index contributed by atoms with van der Waals surface area (Å²) in [5.74, 6) is 0.770. The van der Waals surface area contributed by atoms with Crippen LogP contribution in [-0.4, -0.2) is 23.1 Å². The maximum Gasteiger partial charge on any atom is 0.222 e. The summed E-state index contributed by atoms with van der Waals surface area (Å²) < 4.78 is 0. The molecule has 0 aliphatic carbocycles. The predicted octanol–water partition coefficient (Wildman–Crippen LogP) is 1.45. The van der Waals surface area contributed by atoms with Gasteiger partial charge in [0.25, 0.3) is 0 Å². The van der Waals surface area contributed by atoms with E-state index in [2.05, 4.69) is 16.0 Å². The average molecular weight is 226 g/mol. The van der Waals surface area contributed by atoms with Crippen LogP contribution in [0.25, 0.3) is 0 Å². The van der Waals surface area contributed by atoms with Crippen LogP contribution in [0.2, 0.25) is 5.02 Å². The lowest BCUT2D eigenvalue weighted by Gasteiger charge is -2.21. The molecule has 0 unspecified atom stereocenters. The second-order valence-corrected chi connectivity index (χ2v) is 3.29. The zero-order valence-corrected chi connectivity index (χ0v) is 9.20. The average Bonchev–Trinajstić information content (AvgIpc) is 2.24. The van der Waals surface area contributed by atoms with E-state index in [-0.39, 0.29) is 5.95 Å². The van der Waals surface area contributed by atoms with E-state index >= 15 is 0 Å². The summed E-state index contributed by atoms with van der Waals surface area (Å²) in [4.78, 5) is 9.72. The lowest BCUT2D eigenvalue weighted by molar-refractivity contribution is 0.809. The second kappa shape index (κ2) is 5.37. The van der Waals surface area contributed by atoms with Crippen LogP contribution >= 0.6 is 11.6 Å². The van der Waals surface area contributed by atoms with Gasteiger partial charge in [0, 0.05) is 13.1 Å². The molecule has 0 radical (unpaired) electrons. The van der Waals surface area contributed by atoms with Crippen molar-refractivity contribution in [1.29, 1.82) is 5.26 Å². The van der Waals surface area contributed by atoms with Gasteiger partial charge in [0.05, 0.1) is 18.7 Å². The van der Waals surface area contributed by atoms with Crippen LogP contribution in [0.3, 0.4) is 0 Å². The van der Waals surface area contributed by atoms with E-state index in [0.717, 1.165) is 6.54 Å². The van der Waals surface area contributed by atoms with Crippen LogP contribution < -0.4 is 10.6 Å². The molecule has 0 aromatic carbocycles. The van der Waals surface area contributed by atoms with Crippen LogP contribution in [-0.2, 0) is 0 Å². The maximum absolute atomic E-state index is 8.51. The first-order chi connectivity index (χ1) is 7.19. The number of hydrogen-bond donors (Lipinski definition) is 1. The highest BCUT2D eigenvalue weighted by molar-refractivity contribution is 6.32. The van der Waals surface area contributed by atoms with Crippen molar-refractivity contribution in [2.45, 2.75) is 13.3 Å². The third kappa shape index (κ3) is 2.96. The normalized spacial score (nSPS) is 9.67. The molecule has 1 aromatic rings. The van der Waals surface area contributed by atoms with Crippen LogP contribution in [0.1, 0.15) is 13.3 Å². The highest BCUT2D eigenvalue weighted by atomic mass is 35.5. The molecule has 0 amide bonds. The zero-order chi connectivity index (χ0) is 11.3. The van der Waals surface area contributed by atoms with Gasteiger partial charge in [0.15, 0.2) is 5.82 Å². The molecular weight excluding hydrogens is 214 g/mol. The SMILES string of the molecule is CCN(CCC#N)c1nc(N)ncc1Cl. The van der Waals surface area contributed by atoms with E-state index in [1.54, 1.807) is 0 Å². The van der Waals surface area contributed by atoms with Gasteiger partial charge in [-0.15, -0.1) is 0 Å². The Morgan fingerprint density at radius 1 is 1.67 bits per heavy atom. The molecule has 0 aliphatic heterocycles. The van der Waals surface area contributed by atoms with Crippen molar-refractivity contribution in [3.63, 3.8) is 0 Å². The molecule has 0 spiro atoms. The lowest BCUT2D eigenvalue weighted by Crippen LogP contribution is -2.25. The van der Waals surface area contributed by atoms with Crippen molar-refractivity contribution in [3.05, 3.63) is 11.2 Å². The molecule has 80 valence electrons. The van der Waals surface area contributed by atoms with Gasteiger partial charge in [0.1, 0.15) is 5.02 Å². The number of nitrogens with zero attached hydrogens (tertiary/aromatic N) is 4. The van der Waals surface area contributed by atoms with Gasteiger partial charge in [-0.3, -0.25) is 0 Å². The fourth-order valence-corrected chi connectivity index (χ4v) is 1.40. The summed E-state index contributed by atoms with van der Waals surface area (Å²) >= 11 is 5.94. The van der Waals surface area contributed by atoms with E-state index in [0.29, 0.717) is 23.8 Å². The number of nitrogens with two attached hydrogens (primary N) is 1. The predicted molar refractivity (Wildman–Crippen MR) is 59.6 cm³/mol. The lowest BCUT2D eigenvalue weighted by atomic mass is 10.4. The summed E-state index contributed by atoms with van der Waals surface area (Å²) in [7, 11) is 0. The smallest absolute Gasteiger partial charge is 0.222 e. The first-order valence-corrected chi connectivity index (χ1v) is 4.96. The van der Waals surface area contributed by atoms with Crippen molar-refractivity contribution >= 4 is 23.4 Å². The Morgan fingerprint density at radius 2 is 2.40 bits per heavy atom. The molecule has 1 rings (SSSR count). The summed E-state index contributed by atoms with van der Waals surface area (Å²) in [5, 5.41) is 8.96. The van der Waals surface area contributed by atoms with Crippen LogP contribution in [0, 0.1) is 11.3 Å². The summed E-state index contributed by atoms with van der Waals surface area (Å²) in [6, 6.07) is 2.08. The minimum absolute atomic E-state index is 0.185. The largest absolute Gasteiger partial charge is 0.368 e. The Labute approximate surface area is 93.5 Å². The third-order valence-corrected chi connectivity index (χ3v) is 2.19. The summed E-state index contributed by atoms with van der Waals surface area (Å²) in [6.45, 7) is 3.27.